The van der Waals surface area contributed by atoms with E-state index in [1.807, 2.05) is 37.5 Å². The Morgan fingerprint density at radius 3 is 2.50 bits per heavy atom. The van der Waals surface area contributed by atoms with E-state index in [1.54, 1.807) is 18.6 Å². The molecule has 7 nitrogen and oxygen atoms in total. The van der Waals surface area contributed by atoms with E-state index < -0.39 is 18.1 Å². The van der Waals surface area contributed by atoms with Crippen molar-refractivity contribution in [3.05, 3.63) is 52.0 Å². The van der Waals surface area contributed by atoms with Crippen molar-refractivity contribution in [1.29, 1.82) is 0 Å². The molecule has 1 heterocycles. The number of carbonyl (C=O) groups is 2. The van der Waals surface area contributed by atoms with Gasteiger partial charge >= 0.3 is 12.1 Å². The molecule has 1 amide bonds. The first-order valence-corrected chi connectivity index (χ1v) is 11.6. The number of benzene rings is 1. The zero-order valence-corrected chi connectivity index (χ0v) is 20.3. The van der Waals surface area contributed by atoms with Crippen LogP contribution < -0.4 is 0 Å². The summed E-state index contributed by atoms with van der Waals surface area (Å²) in [6.45, 7) is 6.84. The summed E-state index contributed by atoms with van der Waals surface area (Å²) in [4.78, 5) is 30.2. The molecule has 0 radical (unpaired) electrons. The van der Waals surface area contributed by atoms with Crippen LogP contribution in [0, 0.1) is 5.92 Å². The SMILES string of the molecule is CCCCOC(=O)N(CCc1cncn1Cc1cc(Cl)cc(Cl)c1)C(CC(C)C)C(=O)O. The fourth-order valence-corrected chi connectivity index (χ4v) is 3.97. The van der Waals surface area contributed by atoms with Gasteiger partial charge in [-0.15, -0.1) is 0 Å². The fraction of sp³-hybridized carbons (Fsp3) is 0.522. The third-order valence-corrected chi connectivity index (χ3v) is 5.43. The molecule has 2 rings (SSSR count). The number of aromatic nitrogens is 2. The Labute approximate surface area is 199 Å². The molecular formula is C23H31Cl2N3O4. The minimum Gasteiger partial charge on any atom is -0.480 e. The van der Waals surface area contributed by atoms with Gasteiger partial charge in [0.1, 0.15) is 6.04 Å². The van der Waals surface area contributed by atoms with E-state index in [9.17, 15) is 14.7 Å². The molecule has 0 saturated heterocycles. The van der Waals surface area contributed by atoms with E-state index in [2.05, 4.69) is 4.98 Å². The highest BCUT2D eigenvalue weighted by molar-refractivity contribution is 6.34. The molecule has 1 N–H and O–H groups in total. The van der Waals surface area contributed by atoms with Crippen LogP contribution in [0.4, 0.5) is 4.79 Å². The number of hydrogen-bond acceptors (Lipinski definition) is 4. The van der Waals surface area contributed by atoms with Crippen molar-refractivity contribution >= 4 is 35.3 Å². The summed E-state index contributed by atoms with van der Waals surface area (Å²) in [5.74, 6) is -0.923. The number of rotatable bonds is 12. The van der Waals surface area contributed by atoms with Gasteiger partial charge in [-0.1, -0.05) is 50.4 Å². The van der Waals surface area contributed by atoms with Crippen molar-refractivity contribution in [2.45, 2.75) is 59.0 Å². The normalized spacial score (nSPS) is 12.1. The summed E-state index contributed by atoms with van der Waals surface area (Å²) in [5.41, 5.74) is 1.78. The maximum Gasteiger partial charge on any atom is 0.410 e. The van der Waals surface area contributed by atoms with Gasteiger partial charge in [0.15, 0.2) is 0 Å². The lowest BCUT2D eigenvalue weighted by atomic mass is 10.0. The van der Waals surface area contributed by atoms with Crippen LogP contribution in [-0.2, 0) is 22.5 Å². The van der Waals surface area contributed by atoms with E-state index in [-0.39, 0.29) is 19.1 Å². The average Bonchev–Trinajstić information content (AvgIpc) is 3.13. The van der Waals surface area contributed by atoms with Crippen molar-refractivity contribution in [1.82, 2.24) is 14.5 Å². The molecule has 32 heavy (non-hydrogen) atoms. The third kappa shape index (κ3) is 8.02. The maximum absolute atomic E-state index is 12.7. The van der Waals surface area contributed by atoms with E-state index in [0.29, 0.717) is 29.4 Å². The summed E-state index contributed by atoms with van der Waals surface area (Å²) < 4.78 is 7.28. The Morgan fingerprint density at radius 1 is 1.22 bits per heavy atom. The largest absolute Gasteiger partial charge is 0.480 e. The Kier molecular flexibility index (Phi) is 10.3. The van der Waals surface area contributed by atoms with Crippen LogP contribution in [0.15, 0.2) is 30.7 Å². The van der Waals surface area contributed by atoms with Gasteiger partial charge in [-0.05, 0) is 42.5 Å². The first-order valence-electron chi connectivity index (χ1n) is 10.8. The van der Waals surface area contributed by atoms with E-state index in [0.717, 1.165) is 24.1 Å². The highest BCUT2D eigenvalue weighted by atomic mass is 35.5. The fourth-order valence-electron chi connectivity index (χ4n) is 3.40. The minimum atomic E-state index is -1.03. The molecule has 0 bridgehead atoms. The number of carbonyl (C=O) groups excluding carboxylic acids is 1. The molecule has 9 heteroatoms. The lowest BCUT2D eigenvalue weighted by Gasteiger charge is -2.29. The van der Waals surface area contributed by atoms with Gasteiger partial charge < -0.3 is 14.4 Å². The summed E-state index contributed by atoms with van der Waals surface area (Å²) >= 11 is 12.2. The number of ether oxygens (including phenoxy) is 1. The van der Waals surface area contributed by atoms with Crippen LogP contribution in [0.3, 0.4) is 0 Å². The predicted octanol–water partition coefficient (Wildman–Crippen LogP) is 5.52. The van der Waals surface area contributed by atoms with E-state index >= 15 is 0 Å². The number of imidazole rings is 1. The molecule has 0 fully saturated rings. The summed E-state index contributed by atoms with van der Waals surface area (Å²) in [5, 5.41) is 10.9. The second-order valence-electron chi connectivity index (χ2n) is 8.19. The quantitative estimate of drug-likeness (QED) is 0.401. The van der Waals surface area contributed by atoms with Gasteiger partial charge in [-0.25, -0.2) is 14.6 Å². The topological polar surface area (TPSA) is 84.7 Å². The molecular weight excluding hydrogens is 453 g/mol. The van der Waals surface area contributed by atoms with Crippen LogP contribution in [0.1, 0.15) is 51.3 Å². The highest BCUT2D eigenvalue weighted by Gasteiger charge is 2.31. The number of carboxylic acid groups (broad SMARTS) is 1. The third-order valence-electron chi connectivity index (χ3n) is 5.00. The van der Waals surface area contributed by atoms with E-state index in [1.165, 1.54) is 4.90 Å². The van der Waals surface area contributed by atoms with Crippen LogP contribution >= 0.6 is 23.2 Å². The Balaban J connectivity index is 2.17. The number of hydrogen-bond donors (Lipinski definition) is 1. The molecule has 0 aliphatic rings. The summed E-state index contributed by atoms with van der Waals surface area (Å²) in [7, 11) is 0. The minimum absolute atomic E-state index is 0.111. The number of carboxylic acids is 1. The number of halogens is 2. The van der Waals surface area contributed by atoms with Gasteiger partial charge in [0.05, 0.1) is 12.9 Å². The Morgan fingerprint density at radius 2 is 1.91 bits per heavy atom. The predicted molar refractivity (Wildman–Crippen MR) is 125 cm³/mol. The van der Waals surface area contributed by atoms with Gasteiger partial charge in [0.25, 0.3) is 0 Å². The van der Waals surface area contributed by atoms with Crippen LogP contribution in [-0.4, -0.2) is 50.8 Å². The van der Waals surface area contributed by atoms with Crippen LogP contribution in [0.25, 0.3) is 0 Å². The lowest BCUT2D eigenvalue weighted by molar-refractivity contribution is -0.143. The smallest absolute Gasteiger partial charge is 0.410 e. The first kappa shape index (κ1) is 26.0. The molecule has 0 saturated carbocycles. The number of amides is 1. The van der Waals surface area contributed by atoms with Crippen molar-refractivity contribution in [2.75, 3.05) is 13.2 Å². The zero-order chi connectivity index (χ0) is 23.7. The van der Waals surface area contributed by atoms with Gasteiger partial charge in [0.2, 0.25) is 0 Å². The molecule has 2 aromatic rings. The maximum atomic E-state index is 12.7. The lowest BCUT2D eigenvalue weighted by Crippen LogP contribution is -2.47. The number of aliphatic carboxylic acids is 1. The second kappa shape index (κ2) is 12.7. The number of unbranched alkanes of at least 4 members (excludes halogenated alkanes) is 1. The summed E-state index contributed by atoms with van der Waals surface area (Å²) in [6.07, 6.45) is 5.20. The highest BCUT2D eigenvalue weighted by Crippen LogP contribution is 2.21. The Hall–Kier alpha value is -2.25. The molecule has 0 aliphatic heterocycles. The molecule has 0 aliphatic carbocycles. The van der Waals surface area contributed by atoms with Crippen LogP contribution in [0.5, 0.6) is 0 Å². The molecule has 1 aromatic carbocycles. The van der Waals surface area contributed by atoms with Crippen LogP contribution in [0.2, 0.25) is 10.0 Å². The molecule has 1 unspecified atom stereocenters. The monoisotopic (exact) mass is 483 g/mol. The molecule has 0 spiro atoms. The number of nitrogens with zero attached hydrogens (tertiary/aromatic N) is 3. The average molecular weight is 484 g/mol. The first-order chi connectivity index (χ1) is 15.2. The zero-order valence-electron chi connectivity index (χ0n) is 18.8. The Bertz CT molecular complexity index is 881. The molecule has 1 aromatic heterocycles. The van der Waals surface area contributed by atoms with Gasteiger partial charge in [-0.3, -0.25) is 4.90 Å². The second-order valence-corrected chi connectivity index (χ2v) is 9.06. The molecule has 176 valence electrons. The van der Waals surface area contributed by atoms with Crippen molar-refractivity contribution in [3.8, 4) is 0 Å². The van der Waals surface area contributed by atoms with Gasteiger partial charge in [0, 0.05) is 41.4 Å². The standard InChI is InChI=1S/C23H31Cl2N3O4/c1-4-5-8-32-23(31)28(21(22(29)30)9-16(2)3)7-6-20-13-26-15-27(20)14-17-10-18(24)12-19(25)11-17/h10-13,15-16,21H,4-9,14H2,1-3H3,(H,29,30). The molecule has 1 atom stereocenters. The van der Waals surface area contributed by atoms with E-state index in [4.69, 9.17) is 27.9 Å². The summed E-state index contributed by atoms with van der Waals surface area (Å²) in [6, 6.07) is 4.38. The van der Waals surface area contributed by atoms with Crippen molar-refractivity contribution in [2.24, 2.45) is 5.92 Å². The van der Waals surface area contributed by atoms with Gasteiger partial charge in [-0.2, -0.15) is 0 Å². The van der Waals surface area contributed by atoms with Crippen molar-refractivity contribution in [3.63, 3.8) is 0 Å². The van der Waals surface area contributed by atoms with Crippen molar-refractivity contribution < 1.29 is 19.4 Å².